The van der Waals surface area contributed by atoms with Gasteiger partial charge in [-0.3, -0.25) is 14.4 Å². The number of aryl methyl sites for hydroxylation is 4. The summed E-state index contributed by atoms with van der Waals surface area (Å²) >= 11 is 0. The Kier molecular flexibility index (Phi) is 28.0. The van der Waals surface area contributed by atoms with Crippen molar-refractivity contribution >= 4 is 23.6 Å². The molecule has 4 unspecified atom stereocenters. The zero-order chi connectivity index (χ0) is 82.7. The summed E-state index contributed by atoms with van der Waals surface area (Å²) in [5.74, 6) is 9.48. The number of ketones is 1. The largest absolute Gasteiger partial charge is 0.493 e. The number of aromatic nitrogens is 4. The molecule has 4 aliphatic rings. The van der Waals surface area contributed by atoms with E-state index >= 15 is 0 Å². The van der Waals surface area contributed by atoms with Crippen molar-refractivity contribution in [1.29, 1.82) is 0 Å². The van der Waals surface area contributed by atoms with Crippen LogP contribution in [0.25, 0.3) is 56.9 Å². The fourth-order valence-corrected chi connectivity index (χ4v) is 14.2. The standard InChI is InChI=1S/C27H23NO5.C24H25NO4.C23H23NO5.C22H22N2O4.CH4/c1-17-24(16-31-23-12-11-21-13-22(27(29)30)15-32-25(21)14-23)28-26(33-17)20-9-7-19(8-10-20)18-5-3-2-4-6-18;1-16(26)12-18-13-20-8-9-21(14-23(20)28-15-18)27-11-10-22-17(2)29-24(25-22)19-6-4-3-5-7-19;1-15-20(24-22(29-15)16-6-4-3-5-7-16)10-11-27-19-9-8-17-12-18(23(25)26-2)14-28-21(17)13-19;1-14-19(24-22(28-14)15-5-3-2-4-6-15)9-10-26-18-8-7-16-11-17(21(23)25)13-27-20(16)12-18;/h2-12,14,22H,13,15-16H2,1H3,(H,29,30);3-9,14,18H,10-13,15H2,1-2H3;3-9,13,18H,10-12,14H2,1-2H3;2-8,12,17H,9-11,13H2,1H3,(H2,23,25);1H4. The molecular formula is C97H97N5O18. The molecule has 0 fully saturated rings. The van der Waals surface area contributed by atoms with Crippen LogP contribution < -0.4 is 43.6 Å². The van der Waals surface area contributed by atoms with E-state index in [0.717, 1.165) is 137 Å². The molecule has 0 saturated carbocycles. The Morgan fingerprint density at radius 3 is 1.10 bits per heavy atom. The zero-order valence-corrected chi connectivity index (χ0v) is 67.2. The molecule has 0 saturated heterocycles. The third kappa shape index (κ3) is 21.9. The van der Waals surface area contributed by atoms with Gasteiger partial charge in [0.15, 0.2) is 0 Å². The average Bonchev–Trinajstić information content (AvgIpc) is 1.77. The lowest BCUT2D eigenvalue weighted by molar-refractivity contribution is -0.147. The molecule has 17 rings (SSSR count). The minimum Gasteiger partial charge on any atom is -0.493 e. The Morgan fingerprint density at radius 1 is 0.392 bits per heavy atom. The number of hydrogen-bond donors (Lipinski definition) is 2. The molecule has 13 aromatic rings. The number of rotatable bonds is 25. The molecule has 23 heteroatoms. The molecule has 120 heavy (non-hydrogen) atoms. The topological polar surface area (TPSA) is 302 Å². The normalized spacial score (nSPS) is 15.2. The SMILES string of the molecule is C.CC(=O)CC1COc2cc(OCCc3nc(-c4ccccc4)oc3C)ccc2C1.COC(=O)C1COc2cc(OCCc3nc(-c4ccccc4)oc3C)ccc2C1.Cc1oc(-c2ccc(-c3ccccc3)cc2)nc1COc1ccc2c(c1)OCC(C(=O)O)C2.Cc1oc(-c2ccccc2)nc1CCOc1ccc2c(c1)OCC(C(N)=O)C2. The van der Waals surface area contributed by atoms with Gasteiger partial charge < -0.3 is 75.9 Å². The van der Waals surface area contributed by atoms with Crippen LogP contribution in [0.5, 0.6) is 46.0 Å². The number of primary amides is 1. The van der Waals surface area contributed by atoms with Crippen LogP contribution in [0.3, 0.4) is 0 Å². The van der Waals surface area contributed by atoms with Crippen molar-refractivity contribution in [2.75, 3.05) is 53.4 Å². The van der Waals surface area contributed by atoms with E-state index < -0.39 is 11.9 Å². The van der Waals surface area contributed by atoms with Crippen molar-refractivity contribution < 1.29 is 84.6 Å². The minimum absolute atomic E-state index is 0. The molecule has 3 N–H and O–H groups in total. The van der Waals surface area contributed by atoms with E-state index in [4.69, 9.17) is 66.0 Å². The van der Waals surface area contributed by atoms with Crippen LogP contribution >= 0.6 is 0 Å². The number of nitrogens with zero attached hydrogens (tertiary/aromatic N) is 4. The van der Waals surface area contributed by atoms with Crippen molar-refractivity contribution in [3.8, 4) is 103 Å². The highest BCUT2D eigenvalue weighted by atomic mass is 16.5. The van der Waals surface area contributed by atoms with Crippen molar-refractivity contribution in [3.63, 3.8) is 0 Å². The van der Waals surface area contributed by atoms with Gasteiger partial charge in [-0.1, -0.05) is 129 Å². The number of aliphatic carboxylic acids is 1. The van der Waals surface area contributed by atoms with Crippen LogP contribution in [-0.2, 0) is 75.5 Å². The lowest BCUT2D eigenvalue weighted by Crippen LogP contribution is -2.33. The van der Waals surface area contributed by atoms with E-state index in [0.29, 0.717) is 125 Å². The maximum absolute atomic E-state index is 11.7. The summed E-state index contributed by atoms with van der Waals surface area (Å²) in [6.07, 6.45) is 5.07. The first-order valence-electron chi connectivity index (χ1n) is 39.7. The molecule has 8 heterocycles. The van der Waals surface area contributed by atoms with Gasteiger partial charge in [-0.25, -0.2) is 19.9 Å². The molecule has 618 valence electrons. The molecule has 4 atom stereocenters. The van der Waals surface area contributed by atoms with Crippen LogP contribution in [-0.4, -0.2) is 102 Å². The second kappa shape index (κ2) is 40.0. The predicted molar refractivity (Wildman–Crippen MR) is 451 cm³/mol. The highest BCUT2D eigenvalue weighted by Crippen LogP contribution is 2.38. The molecule has 1 amide bonds. The van der Waals surface area contributed by atoms with Gasteiger partial charge in [0.1, 0.15) is 107 Å². The van der Waals surface area contributed by atoms with Crippen LogP contribution in [0.15, 0.2) is 236 Å². The average molecular weight is 1620 g/mol. The van der Waals surface area contributed by atoms with Gasteiger partial charge in [0.25, 0.3) is 0 Å². The monoisotopic (exact) mass is 1620 g/mol. The number of amides is 1. The first-order valence-corrected chi connectivity index (χ1v) is 39.7. The first-order chi connectivity index (χ1) is 57.9. The number of benzene rings is 9. The highest BCUT2D eigenvalue weighted by molar-refractivity contribution is 5.78. The Labute approximate surface area is 696 Å². The Bertz CT molecular complexity index is 5630. The number of carbonyl (C=O) groups is 4. The maximum atomic E-state index is 11.7. The van der Waals surface area contributed by atoms with Gasteiger partial charge in [0, 0.05) is 78.1 Å². The van der Waals surface area contributed by atoms with Gasteiger partial charge in [-0.05, 0) is 166 Å². The van der Waals surface area contributed by atoms with Gasteiger partial charge in [0.2, 0.25) is 29.5 Å². The molecule has 0 aliphatic carbocycles. The van der Waals surface area contributed by atoms with E-state index in [1.165, 1.54) is 7.11 Å². The third-order valence-electron chi connectivity index (χ3n) is 20.8. The van der Waals surface area contributed by atoms with Crippen molar-refractivity contribution in [2.45, 2.75) is 100 Å². The first kappa shape index (κ1) is 84.2. The van der Waals surface area contributed by atoms with Gasteiger partial charge in [-0.2, -0.15) is 0 Å². The molecular weight excluding hydrogens is 1520 g/mol. The van der Waals surface area contributed by atoms with E-state index in [1.807, 2.05) is 216 Å². The van der Waals surface area contributed by atoms with Crippen LogP contribution in [0.2, 0.25) is 0 Å². The van der Waals surface area contributed by atoms with Crippen LogP contribution in [0.1, 0.15) is 88.8 Å². The van der Waals surface area contributed by atoms with E-state index in [9.17, 15) is 24.3 Å². The zero-order valence-electron chi connectivity index (χ0n) is 67.2. The Balaban J connectivity index is 0.000000138. The lowest BCUT2D eigenvalue weighted by atomic mass is 9.93. The molecule has 23 nitrogen and oxygen atoms in total. The summed E-state index contributed by atoms with van der Waals surface area (Å²) in [6.45, 7) is 12.4. The number of Topliss-reactive ketones (excluding diaryl/α,β-unsaturated/α-hetero) is 1. The van der Waals surface area contributed by atoms with E-state index in [2.05, 4.69) is 44.2 Å². The molecule has 4 aliphatic heterocycles. The number of carboxylic acid groups (broad SMARTS) is 1. The van der Waals surface area contributed by atoms with Crippen molar-refractivity contribution in [1.82, 2.24) is 19.9 Å². The molecule has 0 radical (unpaired) electrons. The predicted octanol–water partition coefficient (Wildman–Crippen LogP) is 18.3. The van der Waals surface area contributed by atoms with Crippen molar-refractivity contribution in [3.05, 3.63) is 286 Å². The number of esters is 1. The van der Waals surface area contributed by atoms with Gasteiger partial charge in [0.05, 0.1) is 68.4 Å². The number of hydrogen-bond acceptors (Lipinski definition) is 21. The third-order valence-corrected chi connectivity index (χ3v) is 20.8. The Morgan fingerprint density at radius 2 is 0.708 bits per heavy atom. The summed E-state index contributed by atoms with van der Waals surface area (Å²) in [4.78, 5) is 64.0. The van der Waals surface area contributed by atoms with E-state index in [-0.39, 0.29) is 56.1 Å². The number of methoxy groups -OCH3 is 1. The molecule has 0 spiro atoms. The summed E-state index contributed by atoms with van der Waals surface area (Å²) in [6, 6.07) is 70.7. The quantitative estimate of drug-likeness (QED) is 0.0502. The lowest BCUT2D eigenvalue weighted by Gasteiger charge is -2.25. The second-order valence-corrected chi connectivity index (χ2v) is 29.5. The van der Waals surface area contributed by atoms with E-state index in [1.54, 1.807) is 13.0 Å². The fraction of sp³-hybridized carbons (Fsp3) is 0.278. The number of fused-ring (bicyclic) bond motifs is 4. The number of nitrogens with two attached hydrogens (primary N) is 1. The second-order valence-electron chi connectivity index (χ2n) is 29.5. The van der Waals surface area contributed by atoms with Crippen molar-refractivity contribution in [2.24, 2.45) is 29.4 Å². The number of ether oxygens (including phenoxy) is 9. The summed E-state index contributed by atoms with van der Waals surface area (Å²) < 4.78 is 74.5. The number of carbonyl (C=O) groups excluding carboxylic acids is 3. The summed E-state index contributed by atoms with van der Waals surface area (Å²) in [5, 5.41) is 9.18. The summed E-state index contributed by atoms with van der Waals surface area (Å²) in [7, 11) is 1.40. The molecule has 9 aromatic carbocycles. The number of oxazole rings is 4. The fourth-order valence-electron chi connectivity index (χ4n) is 14.2. The van der Waals surface area contributed by atoms with Gasteiger partial charge in [-0.15, -0.1) is 0 Å². The maximum Gasteiger partial charge on any atom is 0.312 e. The highest BCUT2D eigenvalue weighted by Gasteiger charge is 2.30. The smallest absolute Gasteiger partial charge is 0.312 e. The molecule has 0 bridgehead atoms. The molecule has 4 aromatic heterocycles. The van der Waals surface area contributed by atoms with Gasteiger partial charge >= 0.3 is 11.9 Å². The minimum atomic E-state index is -0.840. The van der Waals surface area contributed by atoms with Crippen LogP contribution in [0, 0.1) is 51.4 Å². The summed E-state index contributed by atoms with van der Waals surface area (Å²) in [5.41, 5.74) is 18.8. The van der Waals surface area contributed by atoms with Crippen LogP contribution in [0.4, 0.5) is 0 Å². The number of carboxylic acids is 1. The Hall–Kier alpha value is -13.7.